The van der Waals surface area contributed by atoms with Crippen molar-refractivity contribution >= 4 is 5.97 Å². The predicted molar refractivity (Wildman–Crippen MR) is 108 cm³/mol. The van der Waals surface area contributed by atoms with E-state index >= 15 is 0 Å². The van der Waals surface area contributed by atoms with Crippen molar-refractivity contribution in [1.29, 1.82) is 0 Å². The Bertz CT molecular complexity index is 737. The van der Waals surface area contributed by atoms with Gasteiger partial charge in [-0.1, -0.05) is 13.3 Å². The monoisotopic (exact) mass is 390 g/mol. The summed E-state index contributed by atoms with van der Waals surface area (Å²) in [5, 5.41) is 21.1. The van der Waals surface area contributed by atoms with E-state index in [1.165, 1.54) is 0 Å². The van der Waals surface area contributed by atoms with E-state index in [1.54, 1.807) is 6.07 Å². The number of aromatic hydroxyl groups is 1. The van der Waals surface area contributed by atoms with Gasteiger partial charge in [0.1, 0.15) is 17.1 Å². The third-order valence-corrected chi connectivity index (χ3v) is 6.54. The first-order chi connectivity index (χ1) is 13.1. The van der Waals surface area contributed by atoms with Crippen molar-refractivity contribution in [1.82, 2.24) is 0 Å². The Labute approximate surface area is 168 Å². The van der Waals surface area contributed by atoms with E-state index in [1.807, 2.05) is 19.9 Å². The summed E-state index contributed by atoms with van der Waals surface area (Å²) < 4.78 is 11.8. The number of rotatable bonds is 5. The van der Waals surface area contributed by atoms with Crippen molar-refractivity contribution < 1.29 is 24.5 Å². The van der Waals surface area contributed by atoms with E-state index in [4.69, 9.17) is 9.47 Å². The molecule has 5 nitrogen and oxygen atoms in total. The number of unbranched alkanes of at least 4 members (excludes halogenated alkanes) is 1. The highest BCUT2D eigenvalue weighted by Crippen LogP contribution is 2.55. The molecule has 0 amide bonds. The molecule has 156 valence electrons. The molecular weight excluding hydrogens is 356 g/mol. The van der Waals surface area contributed by atoms with Gasteiger partial charge in [-0.15, -0.1) is 0 Å². The summed E-state index contributed by atoms with van der Waals surface area (Å²) in [7, 11) is 0. The van der Waals surface area contributed by atoms with Crippen LogP contribution in [0.4, 0.5) is 0 Å². The number of aliphatic hydroxyl groups excluding tert-OH is 1. The Kier molecular flexibility index (Phi) is 5.68. The molecule has 1 fully saturated rings. The molecule has 3 atom stereocenters. The molecule has 1 heterocycles. The fraction of sp³-hybridized carbons (Fsp3) is 0.696. The molecule has 1 aliphatic heterocycles. The molecule has 1 aromatic carbocycles. The lowest BCUT2D eigenvalue weighted by molar-refractivity contribution is -0.149. The van der Waals surface area contributed by atoms with Gasteiger partial charge < -0.3 is 19.7 Å². The summed E-state index contributed by atoms with van der Waals surface area (Å²) in [6, 6.07) is 3.54. The number of phenolic OH excluding ortho intramolecular Hbond substituents is 1. The summed E-state index contributed by atoms with van der Waals surface area (Å²) in [6.45, 7) is 10.2. The van der Waals surface area contributed by atoms with Gasteiger partial charge in [-0.25, -0.2) is 0 Å². The molecule has 2 aliphatic rings. The number of benzene rings is 1. The first-order valence-electron chi connectivity index (χ1n) is 10.5. The van der Waals surface area contributed by atoms with Crippen LogP contribution in [0, 0.1) is 5.92 Å². The number of fused-ring (bicyclic) bond motifs is 3. The van der Waals surface area contributed by atoms with E-state index < -0.39 is 11.0 Å². The highest BCUT2D eigenvalue weighted by atomic mass is 16.5. The zero-order valence-corrected chi connectivity index (χ0v) is 17.7. The zero-order chi connectivity index (χ0) is 20.7. The Morgan fingerprint density at radius 3 is 2.71 bits per heavy atom. The summed E-state index contributed by atoms with van der Waals surface area (Å²) in [6.07, 6.45) is 3.70. The van der Waals surface area contributed by atoms with Gasteiger partial charge in [0, 0.05) is 17.4 Å². The molecule has 0 spiro atoms. The first-order valence-corrected chi connectivity index (χ1v) is 10.5. The van der Waals surface area contributed by atoms with Gasteiger partial charge in [0.15, 0.2) is 0 Å². The van der Waals surface area contributed by atoms with Crippen molar-refractivity contribution in [3.8, 4) is 11.5 Å². The smallest absolute Gasteiger partial charge is 0.315 e. The predicted octanol–water partition coefficient (Wildman–Crippen LogP) is 4.43. The second-order valence-electron chi connectivity index (χ2n) is 9.41. The molecule has 5 heteroatoms. The van der Waals surface area contributed by atoms with E-state index in [0.29, 0.717) is 24.3 Å². The minimum atomic E-state index is -0.892. The van der Waals surface area contributed by atoms with Gasteiger partial charge in [0.2, 0.25) is 0 Å². The molecule has 0 saturated heterocycles. The maximum absolute atomic E-state index is 12.6. The number of aliphatic hydroxyl groups is 1. The number of esters is 1. The largest absolute Gasteiger partial charge is 0.508 e. The van der Waals surface area contributed by atoms with Crippen LogP contribution >= 0.6 is 0 Å². The molecule has 1 aromatic rings. The average molecular weight is 391 g/mol. The fourth-order valence-electron chi connectivity index (χ4n) is 4.70. The molecule has 0 bridgehead atoms. The van der Waals surface area contributed by atoms with Crippen LogP contribution < -0.4 is 4.74 Å². The van der Waals surface area contributed by atoms with Crippen LogP contribution in [0.3, 0.4) is 0 Å². The SMILES string of the molecule is CCCCOC(=O)C(C)(C)c1cc(O)c2c(c1)OC(C)(C)[C@@H]1CC[C@@H](O)C[C@@H]21. The van der Waals surface area contributed by atoms with Gasteiger partial charge in [-0.05, 0) is 71.1 Å². The number of hydrogen-bond acceptors (Lipinski definition) is 5. The summed E-state index contributed by atoms with van der Waals surface area (Å²) in [4.78, 5) is 12.6. The maximum atomic E-state index is 12.6. The minimum Gasteiger partial charge on any atom is -0.508 e. The first kappa shape index (κ1) is 21.0. The van der Waals surface area contributed by atoms with Crippen LogP contribution in [0.5, 0.6) is 11.5 Å². The molecule has 0 radical (unpaired) electrons. The molecule has 1 saturated carbocycles. The third-order valence-electron chi connectivity index (χ3n) is 6.54. The highest BCUT2D eigenvalue weighted by Gasteiger charge is 2.48. The maximum Gasteiger partial charge on any atom is 0.315 e. The highest BCUT2D eigenvalue weighted by molar-refractivity contribution is 5.82. The fourth-order valence-corrected chi connectivity index (χ4v) is 4.70. The van der Waals surface area contributed by atoms with Crippen molar-refractivity contribution in [3.63, 3.8) is 0 Å². The molecule has 28 heavy (non-hydrogen) atoms. The number of carbonyl (C=O) groups is 1. The Hall–Kier alpha value is -1.75. The summed E-state index contributed by atoms with van der Waals surface area (Å²) >= 11 is 0. The van der Waals surface area contributed by atoms with E-state index in [0.717, 1.165) is 31.2 Å². The molecule has 1 aliphatic carbocycles. The van der Waals surface area contributed by atoms with Crippen molar-refractivity contribution in [2.75, 3.05) is 6.61 Å². The van der Waals surface area contributed by atoms with Crippen LogP contribution in [0.15, 0.2) is 12.1 Å². The lowest BCUT2D eigenvalue weighted by Crippen LogP contribution is -2.47. The summed E-state index contributed by atoms with van der Waals surface area (Å²) in [5.41, 5.74) is 0.156. The van der Waals surface area contributed by atoms with Gasteiger partial charge in [0.05, 0.1) is 18.1 Å². The van der Waals surface area contributed by atoms with Crippen LogP contribution in [-0.2, 0) is 14.9 Å². The molecule has 3 rings (SSSR count). The lowest BCUT2D eigenvalue weighted by atomic mass is 9.65. The average Bonchev–Trinajstić information content (AvgIpc) is 2.60. The van der Waals surface area contributed by atoms with Crippen molar-refractivity contribution in [2.45, 2.75) is 89.8 Å². The van der Waals surface area contributed by atoms with Gasteiger partial charge >= 0.3 is 5.97 Å². The minimum absolute atomic E-state index is 0.0520. The quantitative estimate of drug-likeness (QED) is 0.575. The normalized spacial score (nSPS) is 26.0. The van der Waals surface area contributed by atoms with Gasteiger partial charge in [-0.2, -0.15) is 0 Å². The van der Waals surface area contributed by atoms with Gasteiger partial charge in [0.25, 0.3) is 0 Å². The second kappa shape index (κ2) is 7.58. The molecule has 0 unspecified atom stereocenters. The van der Waals surface area contributed by atoms with E-state index in [2.05, 4.69) is 20.8 Å². The van der Waals surface area contributed by atoms with Crippen molar-refractivity contribution in [3.05, 3.63) is 23.3 Å². The van der Waals surface area contributed by atoms with Crippen molar-refractivity contribution in [2.24, 2.45) is 5.92 Å². The van der Waals surface area contributed by atoms with Crippen LogP contribution in [0.25, 0.3) is 0 Å². The van der Waals surface area contributed by atoms with E-state index in [-0.39, 0.29) is 29.7 Å². The zero-order valence-electron chi connectivity index (χ0n) is 17.7. The molecule has 0 aromatic heterocycles. The second-order valence-corrected chi connectivity index (χ2v) is 9.41. The number of ether oxygens (including phenoxy) is 2. The summed E-state index contributed by atoms with van der Waals surface area (Å²) in [5.74, 6) is 0.746. The van der Waals surface area contributed by atoms with Crippen LogP contribution in [0.2, 0.25) is 0 Å². The third kappa shape index (κ3) is 3.73. The Morgan fingerprint density at radius 1 is 1.32 bits per heavy atom. The Morgan fingerprint density at radius 2 is 2.04 bits per heavy atom. The van der Waals surface area contributed by atoms with Gasteiger partial charge in [-0.3, -0.25) is 4.79 Å². The number of carbonyl (C=O) groups excluding carboxylic acids is 1. The Balaban J connectivity index is 1.97. The molecular formula is C23H34O5. The topological polar surface area (TPSA) is 76.0 Å². The number of hydrogen-bond donors (Lipinski definition) is 2. The van der Waals surface area contributed by atoms with Crippen LogP contribution in [-0.4, -0.2) is 34.5 Å². The number of phenols is 1. The van der Waals surface area contributed by atoms with E-state index in [9.17, 15) is 15.0 Å². The lowest BCUT2D eigenvalue weighted by Gasteiger charge is -2.48. The standard InChI is InChI=1S/C23H34O5/c1-6-7-10-27-21(26)22(2,3)14-11-18(25)20-16-13-15(24)8-9-17(16)23(4,5)28-19(20)12-14/h11-12,15-17,24-25H,6-10,13H2,1-5H3/t15-,16-,17-/m1/s1. The molecule has 2 N–H and O–H groups in total. The van der Waals surface area contributed by atoms with Crippen LogP contribution in [0.1, 0.15) is 83.8 Å².